The molecule has 0 bridgehead atoms. The van der Waals surface area contributed by atoms with Crippen molar-refractivity contribution in [2.45, 2.75) is 12.6 Å². The van der Waals surface area contributed by atoms with E-state index < -0.39 is 6.10 Å². The van der Waals surface area contributed by atoms with Gasteiger partial charge in [0.15, 0.2) is 5.82 Å². The zero-order chi connectivity index (χ0) is 13.5. The van der Waals surface area contributed by atoms with E-state index in [0.29, 0.717) is 24.7 Å². The first-order valence-electron chi connectivity index (χ1n) is 5.76. The summed E-state index contributed by atoms with van der Waals surface area (Å²) in [4.78, 5) is 3.83. The number of ether oxygens (including phenoxy) is 1. The predicted molar refractivity (Wildman–Crippen MR) is 63.9 cm³/mol. The van der Waals surface area contributed by atoms with Gasteiger partial charge >= 0.3 is 0 Å². The van der Waals surface area contributed by atoms with Crippen LogP contribution < -0.4 is 10.1 Å². The lowest BCUT2D eigenvalue weighted by molar-refractivity contribution is 0.106. The predicted octanol–water partition coefficient (Wildman–Crippen LogP) is 0.738. The van der Waals surface area contributed by atoms with Gasteiger partial charge in [-0.1, -0.05) is 5.16 Å². The average molecular weight is 267 g/mol. The maximum Gasteiger partial charge on any atom is 0.213 e. The number of halogens is 1. The lowest BCUT2D eigenvalue weighted by Crippen LogP contribution is -2.31. The van der Waals surface area contributed by atoms with Gasteiger partial charge in [-0.05, 0) is 24.3 Å². The molecule has 19 heavy (non-hydrogen) atoms. The summed E-state index contributed by atoms with van der Waals surface area (Å²) in [6.45, 7) is 0.852. The van der Waals surface area contributed by atoms with E-state index >= 15 is 0 Å². The molecule has 1 atom stereocenters. The van der Waals surface area contributed by atoms with E-state index in [-0.39, 0.29) is 12.4 Å². The summed E-state index contributed by atoms with van der Waals surface area (Å²) in [7, 11) is 0. The number of aliphatic hydroxyl groups is 1. The third-order valence-electron chi connectivity index (χ3n) is 2.33. The fourth-order valence-corrected chi connectivity index (χ4v) is 1.40. The first kappa shape index (κ1) is 13.4. The Balaban J connectivity index is 1.64. The van der Waals surface area contributed by atoms with Gasteiger partial charge in [0, 0.05) is 6.54 Å². The van der Waals surface area contributed by atoms with Crippen LogP contribution in [0, 0.1) is 5.82 Å². The lowest BCUT2D eigenvalue weighted by atomic mass is 10.3. The molecule has 2 aromatic rings. The molecule has 0 radical (unpaired) electrons. The molecule has 0 spiro atoms. The highest BCUT2D eigenvalue weighted by Crippen LogP contribution is 2.11. The Morgan fingerprint density at radius 3 is 2.84 bits per heavy atom. The number of aromatic nitrogens is 2. The lowest BCUT2D eigenvalue weighted by Gasteiger charge is -2.12. The van der Waals surface area contributed by atoms with Gasteiger partial charge in [-0.25, -0.2) is 4.39 Å². The van der Waals surface area contributed by atoms with Crippen molar-refractivity contribution in [3.05, 3.63) is 42.3 Å². The van der Waals surface area contributed by atoms with Crippen molar-refractivity contribution < 1.29 is 18.8 Å². The van der Waals surface area contributed by atoms with Crippen LogP contribution in [-0.2, 0) is 6.54 Å². The second kappa shape index (κ2) is 6.81. The van der Waals surface area contributed by atoms with Crippen LogP contribution in [0.4, 0.5) is 4.39 Å². The highest BCUT2D eigenvalue weighted by Gasteiger charge is 2.06. The Morgan fingerprint density at radius 2 is 2.16 bits per heavy atom. The summed E-state index contributed by atoms with van der Waals surface area (Å²) in [6.07, 6.45) is 0.558. The second-order valence-corrected chi connectivity index (χ2v) is 3.90. The number of benzene rings is 1. The molecule has 7 heteroatoms. The Morgan fingerprint density at radius 1 is 1.37 bits per heavy atom. The molecule has 102 valence electrons. The number of aliphatic hydroxyl groups excluding tert-OH is 1. The Kier molecular flexibility index (Phi) is 4.82. The van der Waals surface area contributed by atoms with Crippen molar-refractivity contribution in [3.63, 3.8) is 0 Å². The van der Waals surface area contributed by atoms with Crippen molar-refractivity contribution in [2.24, 2.45) is 0 Å². The molecular weight excluding hydrogens is 253 g/mol. The fraction of sp³-hybridized carbons (Fsp3) is 0.333. The molecule has 0 saturated carbocycles. The number of hydrogen-bond donors (Lipinski definition) is 2. The van der Waals surface area contributed by atoms with Crippen LogP contribution in [0.5, 0.6) is 5.75 Å². The molecule has 1 unspecified atom stereocenters. The third-order valence-corrected chi connectivity index (χ3v) is 2.33. The Labute approximate surface area is 109 Å². The summed E-state index contributed by atoms with van der Waals surface area (Å²) in [6, 6.07) is 5.62. The standard InChI is InChI=1S/C12H14FN3O3/c13-9-1-3-11(4-2-9)18-7-10(17)5-14-6-12-15-8-19-16-12/h1-4,8,10,14,17H,5-7H2. The average Bonchev–Trinajstić information content (AvgIpc) is 2.91. The molecule has 2 rings (SSSR count). The topological polar surface area (TPSA) is 80.4 Å². The molecule has 2 N–H and O–H groups in total. The van der Waals surface area contributed by atoms with Gasteiger partial charge in [-0.3, -0.25) is 0 Å². The summed E-state index contributed by atoms with van der Waals surface area (Å²) in [5.41, 5.74) is 0. The van der Waals surface area contributed by atoms with Crippen molar-refractivity contribution >= 4 is 0 Å². The number of rotatable bonds is 7. The molecule has 1 heterocycles. The largest absolute Gasteiger partial charge is 0.491 e. The Bertz CT molecular complexity index is 475. The van der Waals surface area contributed by atoms with Crippen molar-refractivity contribution in [1.82, 2.24) is 15.5 Å². The van der Waals surface area contributed by atoms with Gasteiger partial charge < -0.3 is 19.7 Å². The number of nitrogens with zero attached hydrogens (tertiary/aromatic N) is 2. The normalized spacial score (nSPS) is 12.3. The number of hydrogen-bond acceptors (Lipinski definition) is 6. The molecular formula is C12H14FN3O3. The van der Waals surface area contributed by atoms with Gasteiger partial charge in [-0.2, -0.15) is 4.98 Å². The minimum atomic E-state index is -0.683. The minimum absolute atomic E-state index is 0.116. The highest BCUT2D eigenvalue weighted by atomic mass is 19.1. The molecule has 0 aliphatic carbocycles. The molecule has 0 aliphatic rings. The fourth-order valence-electron chi connectivity index (χ4n) is 1.40. The van der Waals surface area contributed by atoms with Crippen LogP contribution in [0.25, 0.3) is 0 Å². The van der Waals surface area contributed by atoms with E-state index in [1.54, 1.807) is 0 Å². The van der Waals surface area contributed by atoms with Crippen molar-refractivity contribution in [2.75, 3.05) is 13.2 Å². The van der Waals surface area contributed by atoms with Crippen LogP contribution in [0.1, 0.15) is 5.82 Å². The van der Waals surface area contributed by atoms with E-state index in [0.717, 1.165) is 0 Å². The van der Waals surface area contributed by atoms with Crippen LogP contribution in [-0.4, -0.2) is 34.5 Å². The van der Waals surface area contributed by atoms with Crippen LogP contribution >= 0.6 is 0 Å². The van der Waals surface area contributed by atoms with Crippen LogP contribution in [0.15, 0.2) is 35.2 Å². The summed E-state index contributed by atoms with van der Waals surface area (Å²) in [5.74, 6) is 0.708. The third kappa shape index (κ3) is 4.65. The SMILES string of the molecule is OC(CNCc1ncon1)COc1ccc(F)cc1. The zero-order valence-corrected chi connectivity index (χ0v) is 10.1. The molecule has 0 aliphatic heterocycles. The summed E-state index contributed by atoms with van der Waals surface area (Å²) in [5, 5.41) is 16.2. The van der Waals surface area contributed by atoms with Gasteiger partial charge in [0.2, 0.25) is 6.39 Å². The molecule has 0 saturated heterocycles. The summed E-state index contributed by atoms with van der Waals surface area (Å²) < 4.78 is 22.5. The van der Waals surface area contributed by atoms with Crippen molar-refractivity contribution in [3.8, 4) is 5.75 Å². The monoisotopic (exact) mass is 267 g/mol. The van der Waals surface area contributed by atoms with E-state index in [4.69, 9.17) is 4.74 Å². The van der Waals surface area contributed by atoms with Crippen molar-refractivity contribution in [1.29, 1.82) is 0 Å². The first-order chi connectivity index (χ1) is 9.24. The Hall–Kier alpha value is -1.99. The van der Waals surface area contributed by atoms with E-state index in [2.05, 4.69) is 20.0 Å². The van der Waals surface area contributed by atoms with E-state index in [9.17, 15) is 9.50 Å². The maximum atomic E-state index is 12.7. The van der Waals surface area contributed by atoms with E-state index in [1.807, 2.05) is 0 Å². The molecule has 1 aromatic carbocycles. The highest BCUT2D eigenvalue weighted by molar-refractivity contribution is 5.22. The first-order valence-corrected chi connectivity index (χ1v) is 5.76. The molecule has 0 fully saturated rings. The molecule has 6 nitrogen and oxygen atoms in total. The zero-order valence-electron chi connectivity index (χ0n) is 10.1. The minimum Gasteiger partial charge on any atom is -0.491 e. The van der Waals surface area contributed by atoms with Crippen LogP contribution in [0.2, 0.25) is 0 Å². The van der Waals surface area contributed by atoms with Gasteiger partial charge in [0.1, 0.15) is 24.3 Å². The quantitative estimate of drug-likeness (QED) is 0.770. The van der Waals surface area contributed by atoms with E-state index in [1.165, 1.54) is 30.7 Å². The second-order valence-electron chi connectivity index (χ2n) is 3.90. The van der Waals surface area contributed by atoms with Gasteiger partial charge in [-0.15, -0.1) is 0 Å². The smallest absolute Gasteiger partial charge is 0.213 e. The maximum absolute atomic E-state index is 12.7. The molecule has 0 amide bonds. The van der Waals surface area contributed by atoms with Gasteiger partial charge in [0.25, 0.3) is 0 Å². The molecule has 1 aromatic heterocycles. The summed E-state index contributed by atoms with van der Waals surface area (Å²) >= 11 is 0. The van der Waals surface area contributed by atoms with Gasteiger partial charge in [0.05, 0.1) is 6.54 Å². The number of nitrogens with one attached hydrogen (secondary N) is 1. The van der Waals surface area contributed by atoms with Crippen LogP contribution in [0.3, 0.4) is 0 Å².